The van der Waals surface area contributed by atoms with Crippen molar-refractivity contribution in [3.05, 3.63) is 83.2 Å². The first-order valence-corrected chi connectivity index (χ1v) is 9.67. The molecule has 0 bridgehead atoms. The Hall–Kier alpha value is -4.39. The van der Waals surface area contributed by atoms with Crippen molar-refractivity contribution in [2.45, 2.75) is 12.7 Å². The molecule has 0 spiro atoms. The molecule has 0 aliphatic heterocycles. The van der Waals surface area contributed by atoms with E-state index in [1.807, 2.05) is 6.07 Å². The number of anilines is 1. The van der Waals surface area contributed by atoms with Gasteiger partial charge in [0.05, 0.1) is 42.1 Å². The number of carbonyl (C=O) groups is 1. The number of pyridine rings is 1. The van der Waals surface area contributed by atoms with E-state index in [1.54, 1.807) is 48.5 Å². The van der Waals surface area contributed by atoms with Crippen molar-refractivity contribution in [1.82, 2.24) is 14.8 Å². The highest BCUT2D eigenvalue weighted by atomic mass is 19.4. The van der Waals surface area contributed by atoms with Crippen LogP contribution in [0.25, 0.3) is 10.9 Å². The highest BCUT2D eigenvalue weighted by Gasteiger charge is 2.38. The average molecular weight is 451 g/mol. The van der Waals surface area contributed by atoms with Crippen molar-refractivity contribution < 1.29 is 22.7 Å². The number of hydrogen-bond acceptors (Lipinski definition) is 5. The predicted octanol–water partition coefficient (Wildman–Crippen LogP) is 4.63. The van der Waals surface area contributed by atoms with Gasteiger partial charge in [-0.1, -0.05) is 30.3 Å². The normalized spacial score (nSPS) is 11.2. The van der Waals surface area contributed by atoms with E-state index in [0.717, 1.165) is 10.9 Å². The predicted molar refractivity (Wildman–Crippen MR) is 114 cm³/mol. The number of amides is 1. The SMILES string of the molecule is COc1cc(C(=O)Nc2cn(Cc3ccc(C#N)cc3)nc2C(F)(F)F)c2ccccc2n1. The summed E-state index contributed by atoms with van der Waals surface area (Å²) in [4.78, 5) is 17.2. The molecule has 0 fully saturated rings. The third kappa shape index (κ3) is 4.62. The molecule has 0 unspecified atom stereocenters. The van der Waals surface area contributed by atoms with Gasteiger partial charge >= 0.3 is 6.18 Å². The quantitative estimate of drug-likeness (QED) is 0.478. The van der Waals surface area contributed by atoms with Gasteiger partial charge in [-0.2, -0.15) is 23.5 Å². The fourth-order valence-corrected chi connectivity index (χ4v) is 3.31. The van der Waals surface area contributed by atoms with Crippen LogP contribution in [0, 0.1) is 11.3 Å². The third-order valence-electron chi connectivity index (χ3n) is 4.85. The van der Waals surface area contributed by atoms with E-state index in [1.165, 1.54) is 13.2 Å². The summed E-state index contributed by atoms with van der Waals surface area (Å²) in [5.41, 5.74) is -0.0214. The molecular formula is C23H16F3N5O2. The van der Waals surface area contributed by atoms with E-state index in [0.29, 0.717) is 22.0 Å². The van der Waals surface area contributed by atoms with Gasteiger partial charge in [0, 0.05) is 17.6 Å². The van der Waals surface area contributed by atoms with Gasteiger partial charge in [-0.05, 0) is 23.8 Å². The number of nitrogens with one attached hydrogen (secondary N) is 1. The maximum Gasteiger partial charge on any atom is 0.437 e. The molecule has 0 atom stereocenters. The summed E-state index contributed by atoms with van der Waals surface area (Å²) in [6.07, 6.45) is -3.66. The van der Waals surface area contributed by atoms with E-state index in [-0.39, 0.29) is 18.0 Å². The van der Waals surface area contributed by atoms with Gasteiger partial charge in [0.25, 0.3) is 5.91 Å². The number of benzene rings is 2. The number of carbonyl (C=O) groups excluding carboxylic acids is 1. The van der Waals surface area contributed by atoms with Crippen LogP contribution in [-0.2, 0) is 12.7 Å². The van der Waals surface area contributed by atoms with Crippen LogP contribution in [0.5, 0.6) is 5.88 Å². The van der Waals surface area contributed by atoms with Crippen LogP contribution in [-0.4, -0.2) is 27.8 Å². The second kappa shape index (κ2) is 8.63. The fraction of sp³-hybridized carbons (Fsp3) is 0.130. The van der Waals surface area contributed by atoms with Gasteiger partial charge in [0.1, 0.15) is 0 Å². The number of halogens is 3. The number of fused-ring (bicyclic) bond motifs is 1. The number of ether oxygens (including phenoxy) is 1. The Morgan fingerprint density at radius 2 is 1.91 bits per heavy atom. The maximum absolute atomic E-state index is 13.6. The number of rotatable bonds is 5. The Balaban J connectivity index is 1.68. The van der Waals surface area contributed by atoms with Crippen LogP contribution in [0.15, 0.2) is 60.8 Å². The van der Waals surface area contributed by atoms with Crippen molar-refractivity contribution >= 4 is 22.5 Å². The number of hydrogen-bond donors (Lipinski definition) is 1. The van der Waals surface area contributed by atoms with Crippen LogP contribution in [0.2, 0.25) is 0 Å². The maximum atomic E-state index is 13.6. The number of methoxy groups -OCH3 is 1. The minimum atomic E-state index is -4.78. The summed E-state index contributed by atoms with van der Waals surface area (Å²) in [7, 11) is 1.38. The summed E-state index contributed by atoms with van der Waals surface area (Å²) in [6.45, 7) is 0.0245. The standard InChI is InChI=1S/C23H16F3N5O2/c1-33-20-10-17(16-4-2-3-5-18(16)28-20)22(32)29-19-13-31(30-21(19)23(24,25)26)12-15-8-6-14(11-27)7-9-15/h2-10,13H,12H2,1H3,(H,29,32). The van der Waals surface area contributed by atoms with Crippen LogP contribution in [0.3, 0.4) is 0 Å². The lowest BCUT2D eigenvalue weighted by Crippen LogP contribution is -2.16. The largest absolute Gasteiger partial charge is 0.481 e. The molecule has 4 aromatic rings. The lowest BCUT2D eigenvalue weighted by molar-refractivity contribution is -0.140. The Labute approximate surface area is 186 Å². The second-order valence-electron chi connectivity index (χ2n) is 7.08. The summed E-state index contributed by atoms with van der Waals surface area (Å²) in [5.74, 6) is -0.596. The van der Waals surface area contributed by atoms with Crippen LogP contribution >= 0.6 is 0 Å². The molecule has 33 heavy (non-hydrogen) atoms. The molecule has 166 valence electrons. The third-order valence-corrected chi connectivity index (χ3v) is 4.85. The van der Waals surface area contributed by atoms with E-state index in [2.05, 4.69) is 15.4 Å². The van der Waals surface area contributed by atoms with Gasteiger partial charge in [-0.15, -0.1) is 0 Å². The molecule has 7 nitrogen and oxygen atoms in total. The van der Waals surface area contributed by atoms with Crippen LogP contribution in [0.4, 0.5) is 18.9 Å². The Kier molecular flexibility index (Phi) is 5.70. The van der Waals surface area contributed by atoms with Crippen molar-refractivity contribution in [1.29, 1.82) is 5.26 Å². The Bertz CT molecular complexity index is 1370. The summed E-state index contributed by atoms with van der Waals surface area (Å²) >= 11 is 0. The first-order valence-electron chi connectivity index (χ1n) is 9.67. The summed E-state index contributed by atoms with van der Waals surface area (Å²) in [6, 6.07) is 16.5. The molecule has 0 aliphatic carbocycles. The number of para-hydroxylation sites is 1. The van der Waals surface area contributed by atoms with Crippen molar-refractivity contribution in [3.63, 3.8) is 0 Å². The molecule has 1 N–H and O–H groups in total. The zero-order valence-electron chi connectivity index (χ0n) is 17.2. The zero-order chi connectivity index (χ0) is 23.6. The van der Waals surface area contributed by atoms with Crippen LogP contribution in [0.1, 0.15) is 27.2 Å². The lowest BCUT2D eigenvalue weighted by atomic mass is 10.1. The number of nitriles is 1. The zero-order valence-corrected chi connectivity index (χ0v) is 17.2. The molecule has 0 radical (unpaired) electrons. The van der Waals surface area contributed by atoms with Gasteiger partial charge in [0.15, 0.2) is 5.69 Å². The first-order chi connectivity index (χ1) is 15.8. The number of aromatic nitrogens is 3. The molecule has 4 rings (SSSR count). The number of alkyl halides is 3. The highest BCUT2D eigenvalue weighted by Crippen LogP contribution is 2.34. The molecule has 10 heteroatoms. The number of nitrogens with zero attached hydrogens (tertiary/aromatic N) is 4. The van der Waals surface area contributed by atoms with Crippen molar-refractivity contribution in [3.8, 4) is 11.9 Å². The molecule has 2 aromatic heterocycles. The molecular weight excluding hydrogens is 435 g/mol. The molecule has 0 aliphatic rings. The Morgan fingerprint density at radius 1 is 1.18 bits per heavy atom. The van der Waals surface area contributed by atoms with Gasteiger partial charge in [-0.25, -0.2) is 4.98 Å². The van der Waals surface area contributed by atoms with Crippen molar-refractivity contribution in [2.24, 2.45) is 0 Å². The molecule has 0 saturated heterocycles. The highest BCUT2D eigenvalue weighted by molar-refractivity contribution is 6.12. The molecule has 2 heterocycles. The van der Waals surface area contributed by atoms with Gasteiger partial charge in [0.2, 0.25) is 5.88 Å². The molecule has 0 saturated carbocycles. The minimum Gasteiger partial charge on any atom is -0.481 e. The average Bonchev–Trinajstić information content (AvgIpc) is 3.21. The fourth-order valence-electron chi connectivity index (χ4n) is 3.31. The van der Waals surface area contributed by atoms with E-state index >= 15 is 0 Å². The molecule has 1 amide bonds. The van der Waals surface area contributed by atoms with Gasteiger partial charge < -0.3 is 10.1 Å². The van der Waals surface area contributed by atoms with Crippen molar-refractivity contribution in [2.75, 3.05) is 12.4 Å². The monoisotopic (exact) mass is 451 g/mol. The smallest absolute Gasteiger partial charge is 0.437 e. The lowest BCUT2D eigenvalue weighted by Gasteiger charge is -2.10. The first kappa shape index (κ1) is 21.8. The van der Waals surface area contributed by atoms with E-state index in [9.17, 15) is 18.0 Å². The van der Waals surface area contributed by atoms with E-state index < -0.39 is 23.5 Å². The second-order valence-corrected chi connectivity index (χ2v) is 7.08. The van der Waals surface area contributed by atoms with E-state index in [4.69, 9.17) is 10.00 Å². The minimum absolute atomic E-state index is 0.0245. The topological polar surface area (TPSA) is 92.8 Å². The Morgan fingerprint density at radius 3 is 2.58 bits per heavy atom. The summed E-state index contributed by atoms with van der Waals surface area (Å²) in [5, 5.41) is 15.3. The molecule has 2 aromatic carbocycles. The van der Waals surface area contributed by atoms with Crippen LogP contribution < -0.4 is 10.1 Å². The summed E-state index contributed by atoms with van der Waals surface area (Å²) < 4.78 is 47.1. The van der Waals surface area contributed by atoms with Gasteiger partial charge in [-0.3, -0.25) is 9.48 Å².